The zero-order valence-corrected chi connectivity index (χ0v) is 11.0. The molecule has 7 nitrogen and oxygen atoms in total. The van der Waals surface area contributed by atoms with Crippen LogP contribution in [0.5, 0.6) is 11.5 Å². The molecule has 0 saturated carbocycles. The van der Waals surface area contributed by atoms with Gasteiger partial charge in [-0.25, -0.2) is 0 Å². The summed E-state index contributed by atoms with van der Waals surface area (Å²) in [6.45, 7) is 1.57. The maximum absolute atomic E-state index is 12.1. The van der Waals surface area contributed by atoms with Crippen LogP contribution in [0.4, 0.5) is 11.4 Å². The lowest BCUT2D eigenvalue weighted by Gasteiger charge is -2.09. The summed E-state index contributed by atoms with van der Waals surface area (Å²) in [5, 5.41) is 32.3. The zero-order chi connectivity index (χ0) is 15.6. The number of non-ortho nitro benzene ring substituents is 1. The van der Waals surface area contributed by atoms with Crippen molar-refractivity contribution in [1.29, 1.82) is 0 Å². The summed E-state index contributed by atoms with van der Waals surface area (Å²) >= 11 is 0. The molecule has 0 aliphatic carbocycles. The first kappa shape index (κ1) is 14.3. The Kier molecular flexibility index (Phi) is 3.75. The van der Waals surface area contributed by atoms with Crippen molar-refractivity contribution in [2.45, 2.75) is 6.92 Å². The van der Waals surface area contributed by atoms with E-state index in [1.165, 1.54) is 18.2 Å². The first-order valence-corrected chi connectivity index (χ1v) is 5.97. The van der Waals surface area contributed by atoms with Gasteiger partial charge in [-0.3, -0.25) is 14.9 Å². The number of carbonyl (C=O) groups is 1. The van der Waals surface area contributed by atoms with Crippen molar-refractivity contribution >= 4 is 17.3 Å². The van der Waals surface area contributed by atoms with E-state index in [1.54, 1.807) is 6.92 Å². The van der Waals surface area contributed by atoms with Gasteiger partial charge in [-0.15, -0.1) is 0 Å². The number of aromatic hydroxyl groups is 2. The Morgan fingerprint density at radius 1 is 1.19 bits per heavy atom. The smallest absolute Gasteiger partial charge is 0.271 e. The minimum atomic E-state index is -0.630. The first-order valence-electron chi connectivity index (χ1n) is 5.97. The van der Waals surface area contributed by atoms with Crippen molar-refractivity contribution in [3.8, 4) is 11.5 Å². The molecule has 21 heavy (non-hydrogen) atoms. The molecule has 0 bridgehead atoms. The van der Waals surface area contributed by atoms with Gasteiger partial charge in [0.05, 0.1) is 10.6 Å². The van der Waals surface area contributed by atoms with Gasteiger partial charge < -0.3 is 15.5 Å². The number of phenols is 2. The summed E-state index contributed by atoms with van der Waals surface area (Å²) in [6, 6.07) is 7.76. The van der Waals surface area contributed by atoms with Crippen molar-refractivity contribution in [1.82, 2.24) is 0 Å². The molecule has 0 atom stereocenters. The molecule has 2 aromatic rings. The maximum atomic E-state index is 12.1. The standard InChI is InChI=1S/C14H12N2O5/c1-8-10(3-2-4-12(8)17)14(19)15-11-7-9(16(20)21)5-6-13(11)18/h2-7,17-18H,1H3,(H,15,19). The predicted molar refractivity (Wildman–Crippen MR) is 75.6 cm³/mol. The second-order valence-corrected chi connectivity index (χ2v) is 4.36. The quantitative estimate of drug-likeness (QED) is 0.456. The van der Waals surface area contributed by atoms with Gasteiger partial charge in [0.1, 0.15) is 11.5 Å². The van der Waals surface area contributed by atoms with Gasteiger partial charge in [-0.05, 0) is 25.1 Å². The number of nitro benzene ring substituents is 1. The van der Waals surface area contributed by atoms with Gasteiger partial charge >= 0.3 is 0 Å². The predicted octanol–water partition coefficient (Wildman–Crippen LogP) is 2.57. The van der Waals surface area contributed by atoms with Crippen LogP contribution in [0, 0.1) is 17.0 Å². The number of carbonyl (C=O) groups excluding carboxylic acids is 1. The molecule has 0 aromatic heterocycles. The molecular weight excluding hydrogens is 276 g/mol. The van der Waals surface area contributed by atoms with Gasteiger partial charge in [-0.2, -0.15) is 0 Å². The second-order valence-electron chi connectivity index (χ2n) is 4.36. The summed E-state index contributed by atoms with van der Waals surface area (Å²) in [5.41, 5.74) is 0.258. The van der Waals surface area contributed by atoms with Crippen LogP contribution in [-0.2, 0) is 0 Å². The average molecular weight is 288 g/mol. The van der Waals surface area contributed by atoms with Crippen LogP contribution < -0.4 is 5.32 Å². The summed E-state index contributed by atoms with van der Waals surface area (Å²) in [6.07, 6.45) is 0. The molecule has 0 spiro atoms. The van der Waals surface area contributed by atoms with Crippen LogP contribution in [0.3, 0.4) is 0 Å². The molecule has 0 saturated heterocycles. The third-order valence-electron chi connectivity index (χ3n) is 2.99. The van der Waals surface area contributed by atoms with Crippen molar-refractivity contribution in [2.24, 2.45) is 0 Å². The molecular formula is C14H12N2O5. The molecule has 0 radical (unpaired) electrons. The molecule has 7 heteroatoms. The van der Waals surface area contributed by atoms with E-state index in [4.69, 9.17) is 0 Å². The lowest BCUT2D eigenvalue weighted by Crippen LogP contribution is -2.13. The van der Waals surface area contributed by atoms with Gasteiger partial charge in [-0.1, -0.05) is 6.07 Å². The molecule has 0 heterocycles. The van der Waals surface area contributed by atoms with E-state index in [-0.39, 0.29) is 28.4 Å². The fourth-order valence-electron chi connectivity index (χ4n) is 1.80. The lowest BCUT2D eigenvalue weighted by atomic mass is 10.1. The average Bonchev–Trinajstić information content (AvgIpc) is 2.43. The van der Waals surface area contributed by atoms with E-state index < -0.39 is 10.8 Å². The Hall–Kier alpha value is -3.09. The minimum absolute atomic E-state index is 0.0362. The lowest BCUT2D eigenvalue weighted by molar-refractivity contribution is -0.384. The fourth-order valence-corrected chi connectivity index (χ4v) is 1.80. The van der Waals surface area contributed by atoms with Crippen LogP contribution >= 0.6 is 0 Å². The van der Waals surface area contributed by atoms with Crippen molar-refractivity contribution in [2.75, 3.05) is 5.32 Å². The van der Waals surface area contributed by atoms with E-state index in [0.717, 1.165) is 18.2 Å². The van der Waals surface area contributed by atoms with E-state index in [9.17, 15) is 25.1 Å². The zero-order valence-electron chi connectivity index (χ0n) is 11.0. The van der Waals surface area contributed by atoms with E-state index in [2.05, 4.69) is 5.32 Å². The topological polar surface area (TPSA) is 113 Å². The normalized spacial score (nSPS) is 10.1. The number of phenolic OH excluding ortho intramolecular Hbond substituents is 2. The molecule has 108 valence electrons. The third kappa shape index (κ3) is 2.92. The number of benzene rings is 2. The Balaban J connectivity index is 2.33. The molecule has 0 fully saturated rings. The number of anilines is 1. The minimum Gasteiger partial charge on any atom is -0.508 e. The van der Waals surface area contributed by atoms with E-state index in [0.29, 0.717) is 5.56 Å². The van der Waals surface area contributed by atoms with Crippen molar-refractivity contribution in [3.05, 3.63) is 57.6 Å². The highest BCUT2D eigenvalue weighted by Crippen LogP contribution is 2.29. The van der Waals surface area contributed by atoms with Gasteiger partial charge in [0, 0.05) is 23.3 Å². The molecule has 0 aliphatic heterocycles. The van der Waals surface area contributed by atoms with Gasteiger partial charge in [0.25, 0.3) is 11.6 Å². The van der Waals surface area contributed by atoms with Crippen LogP contribution in [0.25, 0.3) is 0 Å². The van der Waals surface area contributed by atoms with E-state index in [1.807, 2.05) is 0 Å². The van der Waals surface area contributed by atoms with Gasteiger partial charge in [0.15, 0.2) is 0 Å². The van der Waals surface area contributed by atoms with Crippen molar-refractivity contribution in [3.63, 3.8) is 0 Å². The number of hydrogen-bond donors (Lipinski definition) is 3. The maximum Gasteiger partial charge on any atom is 0.271 e. The number of rotatable bonds is 3. The molecule has 0 unspecified atom stereocenters. The Morgan fingerprint density at radius 2 is 1.90 bits per heavy atom. The highest BCUT2D eigenvalue weighted by atomic mass is 16.6. The number of nitro groups is 1. The molecule has 0 aliphatic rings. The van der Waals surface area contributed by atoms with Crippen molar-refractivity contribution < 1.29 is 19.9 Å². The largest absolute Gasteiger partial charge is 0.508 e. The van der Waals surface area contributed by atoms with Gasteiger partial charge in [0.2, 0.25) is 0 Å². The first-order chi connectivity index (χ1) is 9.90. The third-order valence-corrected chi connectivity index (χ3v) is 2.99. The number of amides is 1. The summed E-state index contributed by atoms with van der Waals surface area (Å²) in [7, 11) is 0. The highest BCUT2D eigenvalue weighted by molar-refractivity contribution is 6.06. The number of hydrogen-bond acceptors (Lipinski definition) is 5. The van der Waals surface area contributed by atoms with Crippen LogP contribution in [0.2, 0.25) is 0 Å². The Morgan fingerprint density at radius 3 is 2.57 bits per heavy atom. The molecule has 1 amide bonds. The SMILES string of the molecule is Cc1c(O)cccc1C(=O)Nc1cc([N+](=O)[O-])ccc1O. The summed E-state index contributed by atoms with van der Waals surface area (Å²) in [4.78, 5) is 22.2. The second kappa shape index (κ2) is 5.49. The number of nitrogens with one attached hydrogen (secondary N) is 1. The molecule has 3 N–H and O–H groups in total. The molecule has 2 aromatic carbocycles. The Bertz CT molecular complexity index is 727. The fraction of sp³-hybridized carbons (Fsp3) is 0.0714. The van der Waals surface area contributed by atoms with Crippen LogP contribution in [0.15, 0.2) is 36.4 Å². The van der Waals surface area contributed by atoms with E-state index >= 15 is 0 Å². The van der Waals surface area contributed by atoms with Crippen LogP contribution in [0.1, 0.15) is 15.9 Å². The number of nitrogens with zero attached hydrogens (tertiary/aromatic N) is 1. The highest BCUT2D eigenvalue weighted by Gasteiger charge is 2.16. The molecule has 2 rings (SSSR count). The monoisotopic (exact) mass is 288 g/mol. The summed E-state index contributed by atoms with van der Waals surface area (Å²) in [5.74, 6) is -0.906. The van der Waals surface area contributed by atoms with Crippen LogP contribution in [-0.4, -0.2) is 21.0 Å². The summed E-state index contributed by atoms with van der Waals surface area (Å²) < 4.78 is 0. The Labute approximate surface area is 119 Å².